The molecule has 0 aliphatic rings. The number of furan rings is 1. The van der Waals surface area contributed by atoms with Crippen molar-refractivity contribution in [2.45, 2.75) is 19.4 Å². The zero-order chi connectivity index (χ0) is 17.2. The SMILES string of the molecule is CCCNC(=O)CNC(=O)C[NH2+][C@H](c1ccccc1)c1ccco1. The molecule has 0 unspecified atom stereocenters. The molecule has 1 aromatic heterocycles. The molecule has 2 rings (SSSR count). The Morgan fingerprint density at radius 3 is 2.54 bits per heavy atom. The Kier molecular flexibility index (Phi) is 7.04. The molecule has 0 bridgehead atoms. The largest absolute Gasteiger partial charge is 0.463 e. The van der Waals surface area contributed by atoms with Gasteiger partial charge in [-0.2, -0.15) is 0 Å². The molecular weight excluding hydrogens is 306 g/mol. The van der Waals surface area contributed by atoms with Gasteiger partial charge < -0.3 is 20.4 Å². The van der Waals surface area contributed by atoms with Gasteiger partial charge in [-0.25, -0.2) is 0 Å². The monoisotopic (exact) mass is 330 g/mol. The molecule has 1 heterocycles. The van der Waals surface area contributed by atoms with Crippen LogP contribution in [-0.2, 0) is 9.59 Å². The normalized spacial score (nSPS) is 11.7. The average Bonchev–Trinajstić information content (AvgIpc) is 3.13. The highest BCUT2D eigenvalue weighted by Crippen LogP contribution is 2.18. The second kappa shape index (κ2) is 9.52. The summed E-state index contributed by atoms with van der Waals surface area (Å²) in [6.07, 6.45) is 2.49. The smallest absolute Gasteiger partial charge is 0.275 e. The Balaban J connectivity index is 1.87. The molecule has 0 aliphatic carbocycles. The van der Waals surface area contributed by atoms with Crippen LogP contribution in [0.3, 0.4) is 0 Å². The highest BCUT2D eigenvalue weighted by atomic mass is 16.3. The summed E-state index contributed by atoms with van der Waals surface area (Å²) in [5.74, 6) is 0.430. The van der Waals surface area contributed by atoms with Gasteiger partial charge in [0, 0.05) is 12.1 Å². The van der Waals surface area contributed by atoms with E-state index in [2.05, 4.69) is 10.6 Å². The number of carbonyl (C=O) groups excluding carboxylic acids is 2. The molecule has 2 amide bonds. The molecule has 2 aromatic rings. The zero-order valence-electron chi connectivity index (χ0n) is 13.8. The Morgan fingerprint density at radius 2 is 1.88 bits per heavy atom. The van der Waals surface area contributed by atoms with Crippen molar-refractivity contribution in [2.24, 2.45) is 0 Å². The third-order valence-electron chi connectivity index (χ3n) is 3.57. The van der Waals surface area contributed by atoms with E-state index in [0.29, 0.717) is 6.54 Å². The first kappa shape index (κ1) is 17.7. The molecule has 6 nitrogen and oxygen atoms in total. The van der Waals surface area contributed by atoms with Gasteiger partial charge in [-0.3, -0.25) is 9.59 Å². The standard InChI is InChI=1S/C18H23N3O3/c1-2-10-19-16(22)12-20-17(23)13-21-18(15-9-6-11-24-15)14-7-4-3-5-8-14/h3-9,11,18,21H,2,10,12-13H2,1H3,(H,19,22)(H,20,23)/p+1/t18-/m1/s1. The van der Waals surface area contributed by atoms with E-state index < -0.39 is 0 Å². The molecule has 0 fully saturated rings. The molecule has 1 atom stereocenters. The van der Waals surface area contributed by atoms with E-state index in [1.165, 1.54) is 0 Å². The third-order valence-corrected chi connectivity index (χ3v) is 3.57. The van der Waals surface area contributed by atoms with Crippen LogP contribution in [0, 0.1) is 0 Å². The minimum Gasteiger partial charge on any atom is -0.463 e. The van der Waals surface area contributed by atoms with Crippen molar-refractivity contribution >= 4 is 11.8 Å². The highest BCUT2D eigenvalue weighted by Gasteiger charge is 2.21. The number of nitrogens with two attached hydrogens (primary N) is 1. The van der Waals surface area contributed by atoms with Gasteiger partial charge in [0.15, 0.2) is 18.3 Å². The average molecular weight is 330 g/mol. The topological polar surface area (TPSA) is 88.0 Å². The summed E-state index contributed by atoms with van der Waals surface area (Å²) in [4.78, 5) is 23.5. The third kappa shape index (κ3) is 5.55. The van der Waals surface area contributed by atoms with E-state index in [1.54, 1.807) is 6.26 Å². The van der Waals surface area contributed by atoms with Crippen LogP contribution in [0.2, 0.25) is 0 Å². The predicted molar refractivity (Wildman–Crippen MR) is 90.1 cm³/mol. The van der Waals surface area contributed by atoms with Crippen molar-refractivity contribution in [3.63, 3.8) is 0 Å². The van der Waals surface area contributed by atoms with E-state index in [4.69, 9.17) is 4.42 Å². The summed E-state index contributed by atoms with van der Waals surface area (Å²) in [6.45, 7) is 2.81. The van der Waals surface area contributed by atoms with Crippen LogP contribution in [0.15, 0.2) is 53.1 Å². The number of hydrogen-bond acceptors (Lipinski definition) is 3. The lowest BCUT2D eigenvalue weighted by molar-refractivity contribution is -0.678. The fourth-order valence-electron chi connectivity index (χ4n) is 2.35. The molecule has 0 saturated heterocycles. The molecule has 0 aliphatic heterocycles. The summed E-state index contributed by atoms with van der Waals surface area (Å²) in [6, 6.07) is 13.5. The van der Waals surface area contributed by atoms with E-state index in [0.717, 1.165) is 17.7 Å². The number of hydrogen-bond donors (Lipinski definition) is 3. The Hall–Kier alpha value is -2.60. The number of benzene rings is 1. The summed E-state index contributed by atoms with van der Waals surface area (Å²) in [5, 5.41) is 7.25. The number of carbonyl (C=O) groups is 2. The van der Waals surface area contributed by atoms with Crippen LogP contribution in [0.1, 0.15) is 30.7 Å². The Morgan fingerprint density at radius 1 is 1.08 bits per heavy atom. The fraction of sp³-hybridized carbons (Fsp3) is 0.333. The molecular formula is C18H24N3O3+. The van der Waals surface area contributed by atoms with Gasteiger partial charge in [0.2, 0.25) is 5.91 Å². The minimum atomic E-state index is -0.186. The summed E-state index contributed by atoms with van der Waals surface area (Å²) >= 11 is 0. The van der Waals surface area contributed by atoms with Gasteiger partial charge in [0.1, 0.15) is 0 Å². The molecule has 0 spiro atoms. The maximum absolute atomic E-state index is 12.0. The quantitative estimate of drug-likeness (QED) is 0.628. The lowest BCUT2D eigenvalue weighted by atomic mass is 10.0. The van der Waals surface area contributed by atoms with Crippen LogP contribution in [-0.4, -0.2) is 31.4 Å². The van der Waals surface area contributed by atoms with Crippen molar-refractivity contribution in [3.05, 3.63) is 60.1 Å². The first-order chi connectivity index (χ1) is 11.7. The molecule has 24 heavy (non-hydrogen) atoms. The van der Waals surface area contributed by atoms with Crippen LogP contribution < -0.4 is 16.0 Å². The van der Waals surface area contributed by atoms with Crippen molar-refractivity contribution in [3.8, 4) is 0 Å². The number of rotatable bonds is 9. The van der Waals surface area contributed by atoms with Gasteiger partial charge in [0.25, 0.3) is 5.91 Å². The van der Waals surface area contributed by atoms with Gasteiger partial charge >= 0.3 is 0 Å². The summed E-state index contributed by atoms with van der Waals surface area (Å²) < 4.78 is 5.50. The molecule has 0 saturated carbocycles. The van der Waals surface area contributed by atoms with Crippen molar-refractivity contribution in [2.75, 3.05) is 19.6 Å². The zero-order valence-corrected chi connectivity index (χ0v) is 13.8. The molecule has 4 N–H and O–H groups in total. The fourth-order valence-corrected chi connectivity index (χ4v) is 2.35. The lowest BCUT2D eigenvalue weighted by Crippen LogP contribution is -2.87. The second-order valence-electron chi connectivity index (χ2n) is 5.47. The van der Waals surface area contributed by atoms with Crippen molar-refractivity contribution in [1.82, 2.24) is 10.6 Å². The second-order valence-corrected chi connectivity index (χ2v) is 5.47. The van der Waals surface area contributed by atoms with E-state index in [9.17, 15) is 9.59 Å². The maximum Gasteiger partial charge on any atom is 0.275 e. The molecule has 6 heteroatoms. The first-order valence-corrected chi connectivity index (χ1v) is 8.15. The maximum atomic E-state index is 12.0. The number of quaternary nitrogens is 1. The van der Waals surface area contributed by atoms with E-state index >= 15 is 0 Å². The minimum absolute atomic E-state index is 0.00340. The van der Waals surface area contributed by atoms with Gasteiger partial charge in [0.05, 0.1) is 12.8 Å². The first-order valence-electron chi connectivity index (χ1n) is 8.15. The van der Waals surface area contributed by atoms with Gasteiger partial charge in [-0.05, 0) is 18.6 Å². The molecule has 128 valence electrons. The van der Waals surface area contributed by atoms with Crippen LogP contribution in [0.4, 0.5) is 0 Å². The highest BCUT2D eigenvalue weighted by molar-refractivity contribution is 5.84. The van der Waals surface area contributed by atoms with Crippen molar-refractivity contribution < 1.29 is 19.3 Å². The summed E-state index contributed by atoms with van der Waals surface area (Å²) in [5.41, 5.74) is 1.06. The molecule has 1 aromatic carbocycles. The van der Waals surface area contributed by atoms with Crippen LogP contribution in [0.5, 0.6) is 0 Å². The Labute approximate surface area is 141 Å². The Bertz CT molecular complexity index is 626. The van der Waals surface area contributed by atoms with Crippen LogP contribution in [0.25, 0.3) is 0 Å². The lowest BCUT2D eigenvalue weighted by Gasteiger charge is -2.14. The van der Waals surface area contributed by atoms with E-state index in [-0.39, 0.29) is 30.9 Å². The molecule has 0 radical (unpaired) electrons. The van der Waals surface area contributed by atoms with E-state index in [1.807, 2.05) is 54.7 Å². The van der Waals surface area contributed by atoms with Gasteiger partial charge in [-0.1, -0.05) is 37.3 Å². The van der Waals surface area contributed by atoms with Crippen molar-refractivity contribution in [1.29, 1.82) is 0 Å². The van der Waals surface area contributed by atoms with Crippen LogP contribution >= 0.6 is 0 Å². The summed E-state index contributed by atoms with van der Waals surface area (Å²) in [7, 11) is 0. The number of amides is 2. The van der Waals surface area contributed by atoms with Gasteiger partial charge in [-0.15, -0.1) is 0 Å². The number of nitrogens with one attached hydrogen (secondary N) is 2. The predicted octanol–water partition coefficient (Wildman–Crippen LogP) is 0.575.